The average Bonchev–Trinajstić information content (AvgIpc) is 2.48. The number of rotatable bonds is 5. The summed E-state index contributed by atoms with van der Waals surface area (Å²) in [6.45, 7) is 6.46. The van der Waals surface area contributed by atoms with Crippen molar-refractivity contribution in [3.05, 3.63) is 59.7 Å². The van der Waals surface area contributed by atoms with Crippen LogP contribution in [0.15, 0.2) is 42.9 Å². The van der Waals surface area contributed by atoms with Gasteiger partial charge >= 0.3 is 0 Å². The Hall–Kier alpha value is -1.74. The zero-order valence-electron chi connectivity index (χ0n) is 11.8. The van der Waals surface area contributed by atoms with Gasteiger partial charge < -0.3 is 5.32 Å². The molecule has 1 aromatic heterocycles. The third kappa shape index (κ3) is 3.61. The Morgan fingerprint density at radius 1 is 1.05 bits per heavy atom. The van der Waals surface area contributed by atoms with Crippen molar-refractivity contribution in [2.75, 3.05) is 0 Å². The van der Waals surface area contributed by atoms with Gasteiger partial charge in [-0.15, -0.1) is 0 Å². The van der Waals surface area contributed by atoms with E-state index in [0.717, 1.165) is 12.1 Å². The van der Waals surface area contributed by atoms with Crippen molar-refractivity contribution in [3.8, 4) is 0 Å². The van der Waals surface area contributed by atoms with Gasteiger partial charge in [0.05, 0.1) is 5.69 Å². The summed E-state index contributed by atoms with van der Waals surface area (Å²) < 4.78 is 0. The molecule has 0 spiro atoms. The van der Waals surface area contributed by atoms with Crippen LogP contribution in [0.2, 0.25) is 0 Å². The molecule has 0 bridgehead atoms. The fraction of sp³-hybridized carbons (Fsp3) is 0.375. The highest BCUT2D eigenvalue weighted by Crippen LogP contribution is 2.18. The molecule has 0 radical (unpaired) electrons. The summed E-state index contributed by atoms with van der Waals surface area (Å²) in [7, 11) is 0. The molecule has 2 atom stereocenters. The van der Waals surface area contributed by atoms with Gasteiger partial charge in [-0.05, 0) is 31.4 Å². The lowest BCUT2D eigenvalue weighted by molar-refractivity contribution is 0.485. The van der Waals surface area contributed by atoms with Crippen molar-refractivity contribution in [3.63, 3.8) is 0 Å². The summed E-state index contributed by atoms with van der Waals surface area (Å²) in [5, 5.41) is 3.55. The highest BCUT2D eigenvalue weighted by Gasteiger charge is 2.11. The minimum absolute atomic E-state index is 0.189. The van der Waals surface area contributed by atoms with Crippen molar-refractivity contribution in [2.24, 2.45) is 0 Å². The zero-order chi connectivity index (χ0) is 13.7. The quantitative estimate of drug-likeness (QED) is 0.889. The van der Waals surface area contributed by atoms with Crippen LogP contribution in [-0.2, 0) is 6.42 Å². The van der Waals surface area contributed by atoms with E-state index < -0.39 is 0 Å². The summed E-state index contributed by atoms with van der Waals surface area (Å²) in [5.74, 6) is 0. The third-order valence-electron chi connectivity index (χ3n) is 3.41. The molecule has 0 fully saturated rings. The highest BCUT2D eigenvalue weighted by atomic mass is 15.0. The molecule has 2 unspecified atom stereocenters. The molecule has 0 aliphatic carbocycles. The molecular weight excluding hydrogens is 234 g/mol. The van der Waals surface area contributed by atoms with Crippen LogP contribution >= 0.6 is 0 Å². The molecule has 0 aliphatic rings. The molecule has 3 nitrogen and oxygen atoms in total. The monoisotopic (exact) mass is 255 g/mol. The second kappa shape index (κ2) is 6.43. The second-order valence-electron chi connectivity index (χ2n) is 4.84. The zero-order valence-corrected chi connectivity index (χ0v) is 11.8. The minimum atomic E-state index is 0.189. The number of nitrogens with one attached hydrogen (secondary N) is 1. The molecule has 2 rings (SSSR count). The number of hydrogen-bond acceptors (Lipinski definition) is 3. The Bertz CT molecular complexity index is 493. The van der Waals surface area contributed by atoms with Gasteiger partial charge in [0.2, 0.25) is 0 Å². The first-order chi connectivity index (χ1) is 9.20. The summed E-state index contributed by atoms with van der Waals surface area (Å²) >= 11 is 0. The molecule has 2 aromatic rings. The molecular formula is C16H21N3. The maximum Gasteiger partial charge on any atom is 0.0753 e. The van der Waals surface area contributed by atoms with Crippen LogP contribution in [0.5, 0.6) is 0 Å². The molecule has 1 heterocycles. The van der Waals surface area contributed by atoms with Gasteiger partial charge in [-0.1, -0.05) is 31.2 Å². The van der Waals surface area contributed by atoms with Crippen LogP contribution in [0.25, 0.3) is 0 Å². The van der Waals surface area contributed by atoms with Crippen molar-refractivity contribution in [1.29, 1.82) is 0 Å². The molecule has 0 saturated heterocycles. The van der Waals surface area contributed by atoms with Gasteiger partial charge in [-0.2, -0.15) is 0 Å². The molecule has 100 valence electrons. The molecule has 19 heavy (non-hydrogen) atoms. The summed E-state index contributed by atoms with van der Waals surface area (Å²) in [5.41, 5.74) is 3.64. The smallest absolute Gasteiger partial charge is 0.0753 e. The van der Waals surface area contributed by atoms with Gasteiger partial charge in [0.1, 0.15) is 0 Å². The first-order valence-electron chi connectivity index (χ1n) is 6.81. The topological polar surface area (TPSA) is 37.8 Å². The maximum atomic E-state index is 4.33. The van der Waals surface area contributed by atoms with Gasteiger partial charge in [0, 0.05) is 30.7 Å². The lowest BCUT2D eigenvalue weighted by Gasteiger charge is -2.20. The first-order valence-corrected chi connectivity index (χ1v) is 6.81. The summed E-state index contributed by atoms with van der Waals surface area (Å²) in [4.78, 5) is 8.43. The van der Waals surface area contributed by atoms with Crippen molar-refractivity contribution in [2.45, 2.75) is 39.3 Å². The molecule has 3 heteroatoms. The van der Waals surface area contributed by atoms with Gasteiger partial charge in [-0.3, -0.25) is 9.97 Å². The SMILES string of the molecule is CCc1ccc(C(C)NC(C)c2cnccn2)cc1. The molecule has 0 aliphatic heterocycles. The van der Waals surface area contributed by atoms with Crippen molar-refractivity contribution in [1.82, 2.24) is 15.3 Å². The first kappa shape index (κ1) is 13.7. The second-order valence-corrected chi connectivity index (χ2v) is 4.84. The van der Waals surface area contributed by atoms with Crippen LogP contribution in [-0.4, -0.2) is 9.97 Å². The van der Waals surface area contributed by atoms with Crippen LogP contribution in [0.3, 0.4) is 0 Å². The van der Waals surface area contributed by atoms with Gasteiger partial charge in [0.25, 0.3) is 0 Å². The van der Waals surface area contributed by atoms with E-state index in [1.807, 2.05) is 6.20 Å². The fourth-order valence-corrected chi connectivity index (χ4v) is 2.13. The molecule has 1 N–H and O–H groups in total. The van der Waals surface area contributed by atoms with E-state index in [-0.39, 0.29) is 6.04 Å². The van der Waals surface area contributed by atoms with Crippen LogP contribution in [0.4, 0.5) is 0 Å². The lowest BCUT2D eigenvalue weighted by Crippen LogP contribution is -2.23. The van der Waals surface area contributed by atoms with Crippen LogP contribution in [0.1, 0.15) is 49.7 Å². The third-order valence-corrected chi connectivity index (χ3v) is 3.41. The molecule has 0 saturated carbocycles. The van der Waals surface area contributed by atoms with Crippen molar-refractivity contribution < 1.29 is 0 Å². The number of aryl methyl sites for hydroxylation is 1. The lowest BCUT2D eigenvalue weighted by atomic mass is 10.0. The number of benzene rings is 1. The van der Waals surface area contributed by atoms with E-state index in [4.69, 9.17) is 0 Å². The highest BCUT2D eigenvalue weighted by molar-refractivity contribution is 5.25. The van der Waals surface area contributed by atoms with E-state index in [1.54, 1.807) is 12.4 Å². The van der Waals surface area contributed by atoms with E-state index in [1.165, 1.54) is 11.1 Å². The fourth-order valence-electron chi connectivity index (χ4n) is 2.13. The number of aromatic nitrogens is 2. The van der Waals surface area contributed by atoms with E-state index in [9.17, 15) is 0 Å². The Labute approximate surface area is 115 Å². The number of hydrogen-bond donors (Lipinski definition) is 1. The Morgan fingerprint density at radius 2 is 1.79 bits per heavy atom. The van der Waals surface area contributed by atoms with E-state index in [0.29, 0.717) is 6.04 Å². The predicted octanol–water partition coefficient (Wildman–Crippen LogP) is 3.45. The van der Waals surface area contributed by atoms with E-state index in [2.05, 4.69) is 60.3 Å². The Balaban J connectivity index is 2.02. The molecule has 1 aromatic carbocycles. The standard InChI is InChI=1S/C16H21N3/c1-4-14-5-7-15(8-6-14)12(2)19-13(3)16-11-17-9-10-18-16/h5-13,19H,4H2,1-3H3. The van der Waals surface area contributed by atoms with E-state index >= 15 is 0 Å². The summed E-state index contributed by atoms with van der Waals surface area (Å²) in [6.07, 6.45) is 6.32. The summed E-state index contributed by atoms with van der Waals surface area (Å²) in [6, 6.07) is 9.26. The molecule has 0 amide bonds. The van der Waals surface area contributed by atoms with Crippen LogP contribution in [0, 0.1) is 0 Å². The minimum Gasteiger partial charge on any atom is -0.302 e. The Kier molecular flexibility index (Phi) is 4.63. The largest absolute Gasteiger partial charge is 0.302 e. The number of nitrogens with zero attached hydrogens (tertiary/aromatic N) is 2. The van der Waals surface area contributed by atoms with Crippen molar-refractivity contribution >= 4 is 0 Å². The van der Waals surface area contributed by atoms with Gasteiger partial charge in [-0.25, -0.2) is 0 Å². The normalized spacial score (nSPS) is 14.1. The van der Waals surface area contributed by atoms with Gasteiger partial charge in [0.15, 0.2) is 0 Å². The van der Waals surface area contributed by atoms with Crippen LogP contribution < -0.4 is 5.32 Å². The predicted molar refractivity (Wildman–Crippen MR) is 77.8 cm³/mol. The Morgan fingerprint density at radius 3 is 2.37 bits per heavy atom. The maximum absolute atomic E-state index is 4.33. The average molecular weight is 255 g/mol.